The predicted octanol–water partition coefficient (Wildman–Crippen LogP) is 4.60. The molecule has 0 radical (unpaired) electrons. The molecule has 0 aliphatic carbocycles. The first-order valence-electron chi connectivity index (χ1n) is 5.93. The Kier molecular flexibility index (Phi) is 7.53. The van der Waals surface area contributed by atoms with E-state index in [1.54, 1.807) is 6.92 Å². The number of rotatable bonds is 7. The third-order valence-corrected chi connectivity index (χ3v) is 2.75. The molecule has 0 rings (SSSR count). The molecule has 0 aliphatic heterocycles. The maximum Gasteiger partial charge on any atom is 0.158 e. The van der Waals surface area contributed by atoms with Gasteiger partial charge in [-0.1, -0.05) is 29.9 Å². The van der Waals surface area contributed by atoms with E-state index >= 15 is 0 Å². The van der Waals surface area contributed by atoms with Crippen LogP contribution in [0, 0.1) is 0 Å². The molecule has 0 fully saturated rings. The standard InChI is InChI=1S/C15H24O/c1-6-13(4)8-7-9-14(5)10-11-15(16)12(2)3/h6,9H,2,7-8,10-11H2,1,3-5H3. The average Bonchev–Trinajstić information content (AvgIpc) is 2.25. The van der Waals surface area contributed by atoms with E-state index in [1.165, 1.54) is 11.1 Å². The summed E-state index contributed by atoms with van der Waals surface area (Å²) in [6, 6.07) is 0. The fraction of sp³-hybridized carbons (Fsp3) is 0.533. The van der Waals surface area contributed by atoms with Gasteiger partial charge >= 0.3 is 0 Å². The highest BCUT2D eigenvalue weighted by atomic mass is 16.1. The summed E-state index contributed by atoms with van der Waals surface area (Å²) in [5.74, 6) is 0.178. The predicted molar refractivity (Wildman–Crippen MR) is 71.5 cm³/mol. The summed E-state index contributed by atoms with van der Waals surface area (Å²) in [5, 5.41) is 0. The van der Waals surface area contributed by atoms with Crippen LogP contribution in [0.4, 0.5) is 0 Å². The summed E-state index contributed by atoms with van der Waals surface area (Å²) in [6.45, 7) is 11.7. The molecule has 0 aliphatic rings. The first-order chi connectivity index (χ1) is 7.47. The average molecular weight is 220 g/mol. The Morgan fingerprint density at radius 2 is 1.69 bits per heavy atom. The van der Waals surface area contributed by atoms with Gasteiger partial charge in [-0.2, -0.15) is 0 Å². The number of ketones is 1. The molecule has 0 spiro atoms. The van der Waals surface area contributed by atoms with Crippen LogP contribution < -0.4 is 0 Å². The zero-order valence-corrected chi connectivity index (χ0v) is 11.1. The lowest BCUT2D eigenvalue weighted by Crippen LogP contribution is -1.98. The van der Waals surface area contributed by atoms with E-state index in [2.05, 4.69) is 39.5 Å². The molecule has 0 aromatic rings. The Balaban J connectivity index is 3.88. The van der Waals surface area contributed by atoms with E-state index in [0.717, 1.165) is 19.3 Å². The van der Waals surface area contributed by atoms with Crippen molar-refractivity contribution < 1.29 is 4.79 Å². The highest BCUT2D eigenvalue weighted by molar-refractivity contribution is 5.94. The Morgan fingerprint density at radius 1 is 1.06 bits per heavy atom. The highest BCUT2D eigenvalue weighted by Gasteiger charge is 2.01. The molecule has 0 aromatic carbocycles. The molecule has 0 heterocycles. The quantitative estimate of drug-likeness (QED) is 0.452. The third kappa shape index (κ3) is 7.22. The van der Waals surface area contributed by atoms with Crippen LogP contribution in [0.1, 0.15) is 53.4 Å². The number of hydrogen-bond acceptors (Lipinski definition) is 1. The van der Waals surface area contributed by atoms with Gasteiger partial charge in [-0.3, -0.25) is 4.79 Å². The van der Waals surface area contributed by atoms with Crippen molar-refractivity contribution >= 4 is 5.78 Å². The van der Waals surface area contributed by atoms with Crippen molar-refractivity contribution in [3.05, 3.63) is 35.5 Å². The van der Waals surface area contributed by atoms with Gasteiger partial charge < -0.3 is 0 Å². The number of hydrogen-bond donors (Lipinski definition) is 0. The lowest BCUT2D eigenvalue weighted by molar-refractivity contribution is -0.115. The van der Waals surface area contributed by atoms with Crippen LogP contribution in [-0.4, -0.2) is 5.78 Å². The minimum absolute atomic E-state index is 0.178. The van der Waals surface area contributed by atoms with E-state index in [0.29, 0.717) is 12.0 Å². The molecule has 0 bridgehead atoms. The number of allylic oxidation sites excluding steroid dienone is 5. The van der Waals surface area contributed by atoms with Crippen LogP contribution in [0.15, 0.2) is 35.5 Å². The topological polar surface area (TPSA) is 17.1 Å². The summed E-state index contributed by atoms with van der Waals surface area (Å²) in [7, 11) is 0. The molecule has 0 amide bonds. The van der Waals surface area contributed by atoms with E-state index < -0.39 is 0 Å². The highest BCUT2D eigenvalue weighted by Crippen LogP contribution is 2.11. The third-order valence-electron chi connectivity index (χ3n) is 2.75. The van der Waals surface area contributed by atoms with Crippen LogP contribution in [0.2, 0.25) is 0 Å². The monoisotopic (exact) mass is 220 g/mol. The first-order valence-corrected chi connectivity index (χ1v) is 5.93. The van der Waals surface area contributed by atoms with E-state index in [9.17, 15) is 4.79 Å². The molecular weight excluding hydrogens is 196 g/mol. The molecule has 1 heteroatoms. The molecule has 0 saturated carbocycles. The van der Waals surface area contributed by atoms with Gasteiger partial charge in [0.1, 0.15) is 0 Å². The summed E-state index contributed by atoms with van der Waals surface area (Å²) >= 11 is 0. The zero-order chi connectivity index (χ0) is 12.6. The van der Waals surface area contributed by atoms with Crippen LogP contribution in [0.3, 0.4) is 0 Å². The van der Waals surface area contributed by atoms with Crippen molar-refractivity contribution in [3.63, 3.8) is 0 Å². The molecule has 0 atom stereocenters. The second-order valence-corrected chi connectivity index (χ2v) is 4.43. The van der Waals surface area contributed by atoms with Gasteiger partial charge in [0.15, 0.2) is 5.78 Å². The molecule has 90 valence electrons. The number of carbonyl (C=O) groups excluding carboxylic acids is 1. The van der Waals surface area contributed by atoms with Gasteiger partial charge in [0.2, 0.25) is 0 Å². The Bertz CT molecular complexity index is 305. The first kappa shape index (κ1) is 14.9. The maximum atomic E-state index is 11.3. The SMILES string of the molecule is C=C(C)C(=O)CCC(C)=CCCC(C)=CC. The second kappa shape index (κ2) is 8.09. The van der Waals surface area contributed by atoms with E-state index in [-0.39, 0.29) is 5.78 Å². The Labute approximate surface area is 99.9 Å². The van der Waals surface area contributed by atoms with Gasteiger partial charge in [-0.15, -0.1) is 0 Å². The van der Waals surface area contributed by atoms with Gasteiger partial charge in [0, 0.05) is 6.42 Å². The van der Waals surface area contributed by atoms with Crippen molar-refractivity contribution in [2.45, 2.75) is 53.4 Å². The molecular formula is C15H24O. The zero-order valence-electron chi connectivity index (χ0n) is 11.1. The van der Waals surface area contributed by atoms with Crippen molar-refractivity contribution in [2.24, 2.45) is 0 Å². The normalized spacial score (nSPS) is 12.8. The lowest BCUT2D eigenvalue weighted by Gasteiger charge is -2.02. The van der Waals surface area contributed by atoms with Gasteiger partial charge in [-0.25, -0.2) is 0 Å². The number of Topliss-reactive ketones (excluding diaryl/α,β-unsaturated/α-hetero) is 1. The van der Waals surface area contributed by atoms with Crippen LogP contribution in [-0.2, 0) is 4.79 Å². The van der Waals surface area contributed by atoms with Crippen molar-refractivity contribution in [1.82, 2.24) is 0 Å². The molecule has 0 saturated heterocycles. The largest absolute Gasteiger partial charge is 0.295 e. The van der Waals surface area contributed by atoms with E-state index in [1.807, 2.05) is 0 Å². The minimum atomic E-state index is 0.178. The van der Waals surface area contributed by atoms with Crippen molar-refractivity contribution in [2.75, 3.05) is 0 Å². The molecule has 16 heavy (non-hydrogen) atoms. The summed E-state index contributed by atoms with van der Waals surface area (Å²) in [5.41, 5.74) is 3.39. The minimum Gasteiger partial charge on any atom is -0.295 e. The van der Waals surface area contributed by atoms with Crippen molar-refractivity contribution in [3.8, 4) is 0 Å². The fourth-order valence-corrected chi connectivity index (χ4v) is 1.32. The van der Waals surface area contributed by atoms with Gasteiger partial charge in [0.25, 0.3) is 0 Å². The summed E-state index contributed by atoms with van der Waals surface area (Å²) < 4.78 is 0. The lowest BCUT2D eigenvalue weighted by atomic mass is 10.0. The van der Waals surface area contributed by atoms with Gasteiger partial charge in [-0.05, 0) is 52.5 Å². The van der Waals surface area contributed by atoms with Gasteiger partial charge in [0.05, 0.1) is 0 Å². The van der Waals surface area contributed by atoms with Crippen LogP contribution >= 0.6 is 0 Å². The Hall–Kier alpha value is -1.11. The van der Waals surface area contributed by atoms with E-state index in [4.69, 9.17) is 0 Å². The number of carbonyl (C=O) groups is 1. The summed E-state index contributed by atoms with van der Waals surface area (Å²) in [4.78, 5) is 11.3. The van der Waals surface area contributed by atoms with Crippen molar-refractivity contribution in [1.29, 1.82) is 0 Å². The fourth-order valence-electron chi connectivity index (χ4n) is 1.32. The summed E-state index contributed by atoms with van der Waals surface area (Å²) in [6.07, 6.45) is 8.03. The molecule has 1 nitrogen and oxygen atoms in total. The Morgan fingerprint density at radius 3 is 2.19 bits per heavy atom. The second-order valence-electron chi connectivity index (χ2n) is 4.43. The molecule has 0 N–H and O–H groups in total. The molecule has 0 aromatic heterocycles. The van der Waals surface area contributed by atoms with Crippen LogP contribution in [0.5, 0.6) is 0 Å². The van der Waals surface area contributed by atoms with Crippen LogP contribution in [0.25, 0.3) is 0 Å². The molecule has 0 unspecified atom stereocenters. The smallest absolute Gasteiger partial charge is 0.158 e. The maximum absolute atomic E-state index is 11.3.